The average Bonchev–Trinajstić information content (AvgIpc) is 3.29. The number of fused-ring (bicyclic) bond motifs is 3. The number of urea groups is 1. The Hall–Kier alpha value is -3.53. The lowest BCUT2D eigenvalue weighted by molar-refractivity contribution is -0.135. The molecule has 5 rings (SSSR count). The number of anilines is 1. The van der Waals surface area contributed by atoms with Crippen LogP contribution in [0.15, 0.2) is 42.5 Å². The van der Waals surface area contributed by atoms with E-state index in [1.54, 1.807) is 42.5 Å². The number of hydrogen-bond donors (Lipinski definition) is 2. The first-order valence-electron chi connectivity index (χ1n) is 8.96. The van der Waals surface area contributed by atoms with Crippen molar-refractivity contribution < 1.29 is 19.1 Å². The Morgan fingerprint density at radius 3 is 2.97 bits per heavy atom. The fraction of sp³-hybridized carbons (Fsp3) is 0.211. The zero-order valence-electron chi connectivity index (χ0n) is 15.0. The SMILES string of the molecule is O=C(CN1C(=O)N[C@]2(CCOc3ccccc32)C1=O)Nc1cccc2nsnc12. The van der Waals surface area contributed by atoms with Crippen molar-refractivity contribution in [1.82, 2.24) is 19.0 Å². The molecule has 1 saturated heterocycles. The first-order chi connectivity index (χ1) is 14.1. The number of carbonyl (C=O) groups is 3. The summed E-state index contributed by atoms with van der Waals surface area (Å²) in [5.41, 5.74) is 1.12. The van der Waals surface area contributed by atoms with Crippen LogP contribution in [0.1, 0.15) is 12.0 Å². The van der Waals surface area contributed by atoms with Gasteiger partial charge in [-0.3, -0.25) is 14.5 Å². The highest BCUT2D eigenvalue weighted by atomic mass is 32.1. The molecule has 2 N–H and O–H groups in total. The van der Waals surface area contributed by atoms with Crippen molar-refractivity contribution in [1.29, 1.82) is 0 Å². The predicted molar refractivity (Wildman–Crippen MR) is 105 cm³/mol. The van der Waals surface area contributed by atoms with E-state index in [1.807, 2.05) is 0 Å². The number of benzene rings is 2. The van der Waals surface area contributed by atoms with Crippen LogP contribution in [-0.2, 0) is 15.1 Å². The molecule has 9 nitrogen and oxygen atoms in total. The van der Waals surface area contributed by atoms with Gasteiger partial charge in [0.25, 0.3) is 5.91 Å². The molecule has 146 valence electrons. The molecule has 29 heavy (non-hydrogen) atoms. The molecule has 10 heteroatoms. The van der Waals surface area contributed by atoms with Gasteiger partial charge in [-0.15, -0.1) is 0 Å². The minimum absolute atomic E-state index is 0.294. The second-order valence-corrected chi connectivity index (χ2v) is 7.34. The number of para-hydroxylation sites is 1. The van der Waals surface area contributed by atoms with Gasteiger partial charge in [-0.2, -0.15) is 8.75 Å². The lowest BCUT2D eigenvalue weighted by Gasteiger charge is -2.33. The van der Waals surface area contributed by atoms with Crippen LogP contribution in [0.4, 0.5) is 10.5 Å². The molecule has 1 atom stereocenters. The third kappa shape index (κ3) is 2.71. The molecule has 0 bridgehead atoms. The molecule has 1 fully saturated rings. The van der Waals surface area contributed by atoms with Gasteiger partial charge in [-0.05, 0) is 18.2 Å². The summed E-state index contributed by atoms with van der Waals surface area (Å²) >= 11 is 1.04. The van der Waals surface area contributed by atoms with Crippen molar-refractivity contribution in [3.05, 3.63) is 48.0 Å². The van der Waals surface area contributed by atoms with E-state index in [2.05, 4.69) is 19.4 Å². The van der Waals surface area contributed by atoms with Crippen LogP contribution in [0.3, 0.4) is 0 Å². The van der Waals surface area contributed by atoms with Crippen molar-refractivity contribution in [2.24, 2.45) is 0 Å². The summed E-state index contributed by atoms with van der Waals surface area (Å²) in [6.45, 7) is -0.106. The van der Waals surface area contributed by atoms with Crippen molar-refractivity contribution in [2.75, 3.05) is 18.5 Å². The largest absolute Gasteiger partial charge is 0.493 e. The van der Waals surface area contributed by atoms with Crippen molar-refractivity contribution >= 4 is 46.3 Å². The number of carbonyl (C=O) groups excluding carboxylic acids is 3. The molecule has 0 aliphatic carbocycles. The number of nitrogens with zero attached hydrogens (tertiary/aromatic N) is 3. The Bertz CT molecular complexity index is 1160. The summed E-state index contributed by atoms with van der Waals surface area (Å²) < 4.78 is 13.9. The smallest absolute Gasteiger partial charge is 0.325 e. The number of rotatable bonds is 3. The first-order valence-corrected chi connectivity index (χ1v) is 9.69. The molecule has 0 radical (unpaired) electrons. The fourth-order valence-corrected chi connectivity index (χ4v) is 4.31. The maximum atomic E-state index is 13.2. The molecule has 2 aliphatic heterocycles. The lowest BCUT2D eigenvalue weighted by Crippen LogP contribution is -2.48. The Kier molecular flexibility index (Phi) is 3.95. The van der Waals surface area contributed by atoms with E-state index in [0.717, 1.165) is 16.6 Å². The van der Waals surface area contributed by atoms with Gasteiger partial charge in [-0.25, -0.2) is 4.79 Å². The van der Waals surface area contributed by atoms with E-state index >= 15 is 0 Å². The zero-order valence-corrected chi connectivity index (χ0v) is 15.9. The normalized spacial score (nSPS) is 20.5. The number of nitrogens with one attached hydrogen (secondary N) is 2. The van der Waals surface area contributed by atoms with Crippen LogP contribution in [0.5, 0.6) is 5.75 Å². The quantitative estimate of drug-likeness (QED) is 0.639. The fourth-order valence-electron chi connectivity index (χ4n) is 3.76. The van der Waals surface area contributed by atoms with E-state index in [0.29, 0.717) is 41.1 Å². The van der Waals surface area contributed by atoms with Crippen LogP contribution in [0.2, 0.25) is 0 Å². The number of hydrogen-bond acceptors (Lipinski definition) is 7. The van der Waals surface area contributed by atoms with Gasteiger partial charge >= 0.3 is 6.03 Å². The maximum Gasteiger partial charge on any atom is 0.325 e. The van der Waals surface area contributed by atoms with Gasteiger partial charge < -0.3 is 15.4 Å². The second-order valence-electron chi connectivity index (χ2n) is 6.81. The van der Waals surface area contributed by atoms with Crippen LogP contribution in [0.25, 0.3) is 11.0 Å². The Labute approximate surface area is 169 Å². The van der Waals surface area contributed by atoms with E-state index in [1.165, 1.54) is 0 Å². The highest BCUT2D eigenvalue weighted by molar-refractivity contribution is 7.00. The van der Waals surface area contributed by atoms with Crippen molar-refractivity contribution in [3.8, 4) is 5.75 Å². The molecular formula is C19H15N5O4S. The van der Waals surface area contributed by atoms with Gasteiger partial charge in [0.15, 0.2) is 5.54 Å². The van der Waals surface area contributed by atoms with Gasteiger partial charge in [0.1, 0.15) is 23.3 Å². The second kappa shape index (κ2) is 6.52. The molecule has 3 aromatic rings. The molecule has 0 unspecified atom stereocenters. The van der Waals surface area contributed by atoms with Crippen molar-refractivity contribution in [3.63, 3.8) is 0 Å². The molecule has 2 aliphatic rings. The van der Waals surface area contributed by atoms with E-state index in [4.69, 9.17) is 4.74 Å². The standard InChI is InChI=1S/C19H15N5O4S/c25-15(20-12-5-3-6-13-16(12)23-29-22-13)10-24-17(26)19(21-18(24)27)8-9-28-14-7-2-1-4-11(14)19/h1-7H,8-10H2,(H,20,25)(H,21,27)/t19-/m0/s1. The summed E-state index contributed by atoms with van der Waals surface area (Å²) in [7, 11) is 0. The molecule has 1 spiro atoms. The molecule has 3 heterocycles. The van der Waals surface area contributed by atoms with Gasteiger partial charge in [0, 0.05) is 12.0 Å². The summed E-state index contributed by atoms with van der Waals surface area (Å²) in [6.07, 6.45) is 0.302. The van der Waals surface area contributed by atoms with Crippen LogP contribution >= 0.6 is 11.7 Å². The molecule has 2 aromatic carbocycles. The number of amides is 4. The number of aromatic nitrogens is 2. The third-order valence-electron chi connectivity index (χ3n) is 5.12. The summed E-state index contributed by atoms with van der Waals surface area (Å²) in [5.74, 6) is -0.394. The Morgan fingerprint density at radius 2 is 2.07 bits per heavy atom. The minimum atomic E-state index is -1.20. The highest BCUT2D eigenvalue weighted by Crippen LogP contribution is 2.40. The molecular weight excluding hydrogens is 394 g/mol. The lowest BCUT2D eigenvalue weighted by atomic mass is 9.84. The monoisotopic (exact) mass is 409 g/mol. The summed E-state index contributed by atoms with van der Waals surface area (Å²) in [4.78, 5) is 39.3. The zero-order chi connectivity index (χ0) is 20.0. The minimum Gasteiger partial charge on any atom is -0.493 e. The highest BCUT2D eigenvalue weighted by Gasteiger charge is 2.55. The Morgan fingerprint density at radius 1 is 1.21 bits per heavy atom. The van der Waals surface area contributed by atoms with E-state index in [-0.39, 0.29) is 0 Å². The van der Waals surface area contributed by atoms with Gasteiger partial charge in [0.2, 0.25) is 5.91 Å². The van der Waals surface area contributed by atoms with Crippen LogP contribution in [0, 0.1) is 0 Å². The van der Waals surface area contributed by atoms with Crippen LogP contribution < -0.4 is 15.4 Å². The molecule has 4 amide bonds. The van der Waals surface area contributed by atoms with E-state index in [9.17, 15) is 14.4 Å². The summed E-state index contributed by atoms with van der Waals surface area (Å²) in [5, 5.41) is 5.49. The number of imide groups is 1. The average molecular weight is 409 g/mol. The third-order valence-corrected chi connectivity index (χ3v) is 5.66. The molecule has 1 aromatic heterocycles. The predicted octanol–water partition coefficient (Wildman–Crippen LogP) is 1.86. The summed E-state index contributed by atoms with van der Waals surface area (Å²) in [6, 6.07) is 11.7. The Balaban J connectivity index is 1.39. The van der Waals surface area contributed by atoms with Gasteiger partial charge in [-0.1, -0.05) is 24.3 Å². The maximum absolute atomic E-state index is 13.2. The molecule has 0 saturated carbocycles. The number of ether oxygens (including phenoxy) is 1. The van der Waals surface area contributed by atoms with Gasteiger partial charge in [0.05, 0.1) is 24.0 Å². The van der Waals surface area contributed by atoms with Crippen LogP contribution in [-0.4, -0.2) is 44.6 Å². The first kappa shape index (κ1) is 17.6. The topological polar surface area (TPSA) is 114 Å². The van der Waals surface area contributed by atoms with Crippen molar-refractivity contribution in [2.45, 2.75) is 12.0 Å². The van der Waals surface area contributed by atoms with E-state index < -0.39 is 29.9 Å².